The van der Waals surface area contributed by atoms with Gasteiger partial charge in [0, 0.05) is 0 Å². The lowest BCUT2D eigenvalue weighted by Crippen LogP contribution is -2.12. The number of carbonyl (C=O) groups is 2. The predicted molar refractivity (Wildman–Crippen MR) is 48.4 cm³/mol. The Morgan fingerprint density at radius 2 is 1.71 bits per heavy atom. The molecule has 0 saturated heterocycles. The van der Waals surface area contributed by atoms with Crippen LogP contribution in [0.1, 0.15) is 13.8 Å². The minimum absolute atomic E-state index is 0.162. The standard InChI is InChI=1S/C9H14O5/c1-4-13-8(10)6-7(12-3)9(11)14-5-2/h6H,4-5H2,1-3H3/b7-6-. The van der Waals surface area contributed by atoms with Crippen molar-refractivity contribution >= 4 is 11.9 Å². The van der Waals surface area contributed by atoms with E-state index in [9.17, 15) is 9.59 Å². The van der Waals surface area contributed by atoms with Crippen LogP contribution in [0.3, 0.4) is 0 Å². The topological polar surface area (TPSA) is 61.8 Å². The lowest BCUT2D eigenvalue weighted by atomic mass is 10.4. The summed E-state index contributed by atoms with van der Waals surface area (Å²) >= 11 is 0. The summed E-state index contributed by atoms with van der Waals surface area (Å²) in [6.07, 6.45) is 0.960. The molecule has 0 saturated carbocycles. The van der Waals surface area contributed by atoms with Gasteiger partial charge in [0.25, 0.3) is 0 Å². The Bertz CT molecular complexity index is 231. The van der Waals surface area contributed by atoms with E-state index in [1.54, 1.807) is 13.8 Å². The third-order valence-electron chi connectivity index (χ3n) is 1.23. The zero-order valence-electron chi connectivity index (χ0n) is 8.53. The minimum atomic E-state index is -0.678. The van der Waals surface area contributed by atoms with Gasteiger partial charge in [-0.1, -0.05) is 0 Å². The van der Waals surface area contributed by atoms with Crippen LogP contribution in [0.4, 0.5) is 0 Å². The summed E-state index contributed by atoms with van der Waals surface area (Å²) in [6.45, 7) is 3.80. The summed E-state index contributed by atoms with van der Waals surface area (Å²) in [4.78, 5) is 22.0. The van der Waals surface area contributed by atoms with E-state index < -0.39 is 11.9 Å². The molecule has 0 rings (SSSR count). The zero-order valence-corrected chi connectivity index (χ0v) is 8.53. The van der Waals surface area contributed by atoms with Gasteiger partial charge in [-0.05, 0) is 13.8 Å². The van der Waals surface area contributed by atoms with E-state index in [1.165, 1.54) is 7.11 Å². The highest BCUT2D eigenvalue weighted by Gasteiger charge is 2.13. The van der Waals surface area contributed by atoms with E-state index in [1.807, 2.05) is 0 Å². The number of esters is 2. The van der Waals surface area contributed by atoms with Gasteiger partial charge in [-0.2, -0.15) is 0 Å². The first kappa shape index (κ1) is 12.5. The van der Waals surface area contributed by atoms with Gasteiger partial charge in [0.15, 0.2) is 0 Å². The molecule has 0 aliphatic heterocycles. The molecule has 0 radical (unpaired) electrons. The highest BCUT2D eigenvalue weighted by molar-refractivity contribution is 5.94. The number of hydrogen-bond acceptors (Lipinski definition) is 5. The Balaban J connectivity index is 4.38. The Hall–Kier alpha value is -1.52. The zero-order chi connectivity index (χ0) is 11.0. The Morgan fingerprint density at radius 1 is 1.14 bits per heavy atom. The van der Waals surface area contributed by atoms with Gasteiger partial charge >= 0.3 is 11.9 Å². The number of carbonyl (C=O) groups excluding carboxylic acids is 2. The summed E-state index contributed by atoms with van der Waals surface area (Å²) in [5, 5.41) is 0. The van der Waals surface area contributed by atoms with Crippen molar-refractivity contribution in [3.63, 3.8) is 0 Å². The molecule has 0 aliphatic carbocycles. The Kier molecular flexibility index (Phi) is 6.19. The molecule has 0 spiro atoms. The van der Waals surface area contributed by atoms with Crippen molar-refractivity contribution in [1.82, 2.24) is 0 Å². The van der Waals surface area contributed by atoms with E-state index in [2.05, 4.69) is 14.2 Å². The molecule has 0 unspecified atom stereocenters. The SMILES string of the molecule is CCOC(=O)/C=C(\OC)C(=O)OCC. The highest BCUT2D eigenvalue weighted by Crippen LogP contribution is 1.99. The van der Waals surface area contributed by atoms with Crippen molar-refractivity contribution in [3.8, 4) is 0 Å². The van der Waals surface area contributed by atoms with Crippen molar-refractivity contribution in [2.75, 3.05) is 20.3 Å². The quantitative estimate of drug-likeness (QED) is 0.372. The molecule has 0 heterocycles. The Morgan fingerprint density at radius 3 is 2.14 bits per heavy atom. The van der Waals surface area contributed by atoms with Crippen LogP contribution >= 0.6 is 0 Å². The molecule has 0 aromatic rings. The van der Waals surface area contributed by atoms with Gasteiger partial charge in [0.05, 0.1) is 26.4 Å². The minimum Gasteiger partial charge on any atom is -0.490 e. The molecule has 0 bridgehead atoms. The maximum absolute atomic E-state index is 11.1. The second-order valence-electron chi connectivity index (χ2n) is 2.19. The predicted octanol–water partition coefficient (Wildman–Crippen LogP) is 0.643. The van der Waals surface area contributed by atoms with Crippen LogP contribution in [0, 0.1) is 0 Å². The molecule has 5 nitrogen and oxygen atoms in total. The molecule has 0 aromatic carbocycles. The van der Waals surface area contributed by atoms with Gasteiger partial charge in [-0.3, -0.25) is 0 Å². The molecular weight excluding hydrogens is 188 g/mol. The van der Waals surface area contributed by atoms with E-state index >= 15 is 0 Å². The maximum atomic E-state index is 11.1. The second-order valence-corrected chi connectivity index (χ2v) is 2.19. The van der Waals surface area contributed by atoms with E-state index in [-0.39, 0.29) is 19.0 Å². The lowest BCUT2D eigenvalue weighted by Gasteiger charge is -2.04. The fourth-order valence-electron chi connectivity index (χ4n) is 0.694. The molecule has 14 heavy (non-hydrogen) atoms. The van der Waals surface area contributed by atoms with Gasteiger partial charge in [0.1, 0.15) is 0 Å². The molecular formula is C9H14O5. The normalized spacial score (nSPS) is 10.6. The molecule has 0 aliphatic rings. The summed E-state index contributed by atoms with van der Waals surface area (Å²) in [6, 6.07) is 0. The monoisotopic (exact) mass is 202 g/mol. The van der Waals surface area contributed by atoms with Gasteiger partial charge in [-0.25, -0.2) is 9.59 Å². The fourth-order valence-corrected chi connectivity index (χ4v) is 0.694. The average molecular weight is 202 g/mol. The largest absolute Gasteiger partial charge is 0.490 e. The first-order valence-corrected chi connectivity index (χ1v) is 4.25. The molecule has 0 N–H and O–H groups in total. The van der Waals surface area contributed by atoms with Gasteiger partial charge < -0.3 is 14.2 Å². The number of methoxy groups -OCH3 is 1. The third-order valence-corrected chi connectivity index (χ3v) is 1.23. The van der Waals surface area contributed by atoms with Crippen molar-refractivity contribution in [2.24, 2.45) is 0 Å². The first-order chi connectivity index (χ1) is 6.65. The van der Waals surface area contributed by atoms with Crippen LogP contribution in [0.2, 0.25) is 0 Å². The lowest BCUT2D eigenvalue weighted by molar-refractivity contribution is -0.144. The van der Waals surface area contributed by atoms with Crippen LogP contribution in [-0.4, -0.2) is 32.3 Å². The summed E-state index contributed by atoms with van der Waals surface area (Å²) in [7, 11) is 1.28. The van der Waals surface area contributed by atoms with Crippen LogP contribution in [-0.2, 0) is 23.8 Å². The van der Waals surface area contributed by atoms with E-state index in [0.29, 0.717) is 0 Å². The smallest absolute Gasteiger partial charge is 0.373 e. The van der Waals surface area contributed by atoms with Crippen LogP contribution in [0.5, 0.6) is 0 Å². The Labute approximate surface area is 82.6 Å². The summed E-state index contributed by atoms with van der Waals surface area (Å²) < 4.78 is 13.9. The van der Waals surface area contributed by atoms with Gasteiger partial charge in [0.2, 0.25) is 5.76 Å². The summed E-state index contributed by atoms with van der Waals surface area (Å²) in [5.74, 6) is -1.47. The highest BCUT2D eigenvalue weighted by atomic mass is 16.6. The third kappa shape index (κ3) is 4.49. The summed E-state index contributed by atoms with van der Waals surface area (Å²) in [5.41, 5.74) is 0. The molecule has 0 amide bonds. The molecule has 5 heteroatoms. The average Bonchev–Trinajstić information content (AvgIpc) is 2.15. The van der Waals surface area contributed by atoms with E-state index in [4.69, 9.17) is 0 Å². The van der Waals surface area contributed by atoms with Crippen molar-refractivity contribution < 1.29 is 23.8 Å². The van der Waals surface area contributed by atoms with Crippen LogP contribution in [0.15, 0.2) is 11.8 Å². The van der Waals surface area contributed by atoms with Crippen LogP contribution in [0.25, 0.3) is 0 Å². The molecule has 80 valence electrons. The molecule has 0 aromatic heterocycles. The maximum Gasteiger partial charge on any atom is 0.373 e. The number of hydrogen-bond donors (Lipinski definition) is 0. The first-order valence-electron chi connectivity index (χ1n) is 4.25. The van der Waals surface area contributed by atoms with Gasteiger partial charge in [-0.15, -0.1) is 0 Å². The number of ether oxygens (including phenoxy) is 3. The van der Waals surface area contributed by atoms with Crippen molar-refractivity contribution in [1.29, 1.82) is 0 Å². The second kappa shape index (κ2) is 6.94. The fraction of sp³-hybridized carbons (Fsp3) is 0.556. The number of rotatable bonds is 5. The molecule has 0 fully saturated rings. The molecule has 0 atom stereocenters. The van der Waals surface area contributed by atoms with Crippen LogP contribution < -0.4 is 0 Å². The van der Waals surface area contributed by atoms with Crippen molar-refractivity contribution in [3.05, 3.63) is 11.8 Å². The van der Waals surface area contributed by atoms with Crippen molar-refractivity contribution in [2.45, 2.75) is 13.8 Å². The van der Waals surface area contributed by atoms with E-state index in [0.717, 1.165) is 6.08 Å².